The number of fused-ring (bicyclic) bond motifs is 4. The molecule has 0 unspecified atom stereocenters. The minimum absolute atomic E-state index is 0.0220. The number of rotatable bonds is 5. The van der Waals surface area contributed by atoms with Crippen LogP contribution in [-0.4, -0.2) is 60.7 Å². The van der Waals surface area contributed by atoms with E-state index >= 15 is 4.39 Å². The van der Waals surface area contributed by atoms with Crippen LogP contribution in [0.1, 0.15) is 29.6 Å². The summed E-state index contributed by atoms with van der Waals surface area (Å²) in [6.07, 6.45) is 4.64. The zero-order valence-electron chi connectivity index (χ0n) is 21.6. The summed E-state index contributed by atoms with van der Waals surface area (Å²) in [6.45, 7) is 4.29. The van der Waals surface area contributed by atoms with Crippen molar-refractivity contribution in [3.63, 3.8) is 0 Å². The zero-order chi connectivity index (χ0) is 26.7. The Labute approximate surface area is 224 Å². The number of benzene rings is 3. The predicted octanol–water partition coefficient (Wildman–Crippen LogP) is 3.75. The van der Waals surface area contributed by atoms with Gasteiger partial charge in [0, 0.05) is 43.8 Å². The number of amides is 1. The van der Waals surface area contributed by atoms with Crippen molar-refractivity contribution in [3.8, 4) is 17.2 Å². The molecule has 3 aliphatic rings. The van der Waals surface area contributed by atoms with Crippen molar-refractivity contribution in [2.75, 3.05) is 44.2 Å². The lowest BCUT2D eigenvalue weighted by molar-refractivity contribution is 0.0948. The van der Waals surface area contributed by atoms with Gasteiger partial charge in [-0.15, -0.1) is 0 Å². The van der Waals surface area contributed by atoms with Crippen molar-refractivity contribution in [2.24, 2.45) is 5.73 Å². The molecule has 39 heavy (non-hydrogen) atoms. The number of nitrogens with one attached hydrogen (secondary N) is 1. The Morgan fingerprint density at radius 3 is 2.69 bits per heavy atom. The molecule has 3 N–H and O–H groups in total. The van der Waals surface area contributed by atoms with Crippen LogP contribution in [0.15, 0.2) is 53.5 Å². The molecule has 7 rings (SSSR count). The summed E-state index contributed by atoms with van der Waals surface area (Å²) in [5, 5.41) is 4.84. The minimum atomic E-state index is -0.564. The molecule has 1 aromatic heterocycles. The van der Waals surface area contributed by atoms with Gasteiger partial charge < -0.3 is 30.2 Å². The Bertz CT molecular complexity index is 1690. The van der Waals surface area contributed by atoms with Crippen molar-refractivity contribution >= 4 is 33.3 Å². The van der Waals surface area contributed by atoms with Gasteiger partial charge >= 0.3 is 0 Å². The summed E-state index contributed by atoms with van der Waals surface area (Å²) in [7, 11) is 0. The van der Waals surface area contributed by atoms with E-state index in [1.165, 1.54) is 18.9 Å². The van der Waals surface area contributed by atoms with E-state index in [1.54, 1.807) is 6.20 Å². The quantitative estimate of drug-likeness (QED) is 0.362. The number of nitrogens with two attached hydrogens (primary N) is 1. The van der Waals surface area contributed by atoms with Gasteiger partial charge in [-0.1, -0.05) is 30.3 Å². The Morgan fingerprint density at radius 1 is 1.08 bits per heavy atom. The smallest absolute Gasteiger partial charge is 0.256 e. The van der Waals surface area contributed by atoms with E-state index in [0.29, 0.717) is 42.3 Å². The van der Waals surface area contributed by atoms with Crippen LogP contribution >= 0.6 is 0 Å². The monoisotopic (exact) mass is 527 g/mol. The summed E-state index contributed by atoms with van der Waals surface area (Å²) in [5.41, 5.74) is 7.06. The summed E-state index contributed by atoms with van der Waals surface area (Å²) in [6, 6.07) is 12.9. The SMILES string of the molecule is N[C@@H]1CCN(c2c(F)cc3c(=O)c(C(=O)NCCN4CCCC4)cn4c3c2Oc2c-4ccc3ccccc23)C1. The fourth-order valence-electron chi connectivity index (χ4n) is 6.21. The third kappa shape index (κ3) is 3.95. The maximum absolute atomic E-state index is 15.9. The van der Waals surface area contributed by atoms with Gasteiger partial charge in [0.15, 0.2) is 17.3 Å². The van der Waals surface area contributed by atoms with Crippen molar-refractivity contribution < 1.29 is 13.9 Å². The molecule has 4 heterocycles. The van der Waals surface area contributed by atoms with E-state index in [2.05, 4.69) is 10.2 Å². The highest BCUT2D eigenvalue weighted by molar-refractivity contribution is 6.03. The molecule has 3 aliphatic heterocycles. The zero-order valence-corrected chi connectivity index (χ0v) is 21.6. The van der Waals surface area contributed by atoms with Crippen molar-refractivity contribution in [1.82, 2.24) is 14.8 Å². The molecule has 8 nitrogen and oxygen atoms in total. The lowest BCUT2D eigenvalue weighted by atomic mass is 10.0. The topological polar surface area (TPSA) is 92.8 Å². The molecule has 0 bridgehead atoms. The number of carbonyl (C=O) groups excluding carboxylic acids is 1. The number of ether oxygens (including phenoxy) is 1. The summed E-state index contributed by atoms with van der Waals surface area (Å²) >= 11 is 0. The van der Waals surface area contributed by atoms with Crippen LogP contribution < -0.4 is 26.1 Å². The molecular formula is C30H30FN5O3. The Balaban J connectivity index is 1.41. The van der Waals surface area contributed by atoms with Crippen LogP contribution in [0.5, 0.6) is 11.5 Å². The van der Waals surface area contributed by atoms with Crippen LogP contribution in [-0.2, 0) is 0 Å². The molecule has 0 radical (unpaired) electrons. The predicted molar refractivity (Wildman–Crippen MR) is 150 cm³/mol. The maximum atomic E-state index is 15.9. The Hall–Kier alpha value is -3.95. The van der Waals surface area contributed by atoms with Crippen LogP contribution in [0.4, 0.5) is 10.1 Å². The highest BCUT2D eigenvalue weighted by atomic mass is 19.1. The summed E-state index contributed by atoms with van der Waals surface area (Å²) in [4.78, 5) is 31.1. The average molecular weight is 528 g/mol. The molecule has 200 valence electrons. The van der Waals surface area contributed by atoms with Crippen LogP contribution in [0.25, 0.3) is 27.4 Å². The van der Waals surface area contributed by atoms with Crippen LogP contribution in [0.3, 0.4) is 0 Å². The first-order valence-electron chi connectivity index (χ1n) is 13.6. The number of nitrogens with zero attached hydrogens (tertiary/aromatic N) is 3. The normalized spacial score (nSPS) is 18.5. The van der Waals surface area contributed by atoms with E-state index in [1.807, 2.05) is 45.9 Å². The second-order valence-corrected chi connectivity index (χ2v) is 10.7. The molecule has 0 spiro atoms. The molecule has 0 aliphatic carbocycles. The van der Waals surface area contributed by atoms with Gasteiger partial charge in [-0.25, -0.2) is 4.39 Å². The van der Waals surface area contributed by atoms with Gasteiger partial charge in [0.05, 0.1) is 11.1 Å². The number of hydrogen-bond acceptors (Lipinski definition) is 6. The van der Waals surface area contributed by atoms with Crippen molar-refractivity contribution in [2.45, 2.75) is 25.3 Å². The molecular weight excluding hydrogens is 497 g/mol. The largest absolute Gasteiger partial charge is 0.450 e. The highest BCUT2D eigenvalue weighted by Crippen LogP contribution is 2.49. The van der Waals surface area contributed by atoms with Crippen molar-refractivity contribution in [3.05, 3.63) is 70.3 Å². The van der Waals surface area contributed by atoms with Gasteiger partial charge in [0.1, 0.15) is 16.8 Å². The van der Waals surface area contributed by atoms with Crippen molar-refractivity contribution in [1.29, 1.82) is 0 Å². The first-order chi connectivity index (χ1) is 19.0. The number of anilines is 1. The van der Waals surface area contributed by atoms with Crippen LogP contribution in [0.2, 0.25) is 0 Å². The van der Waals surface area contributed by atoms with Gasteiger partial charge in [-0.3, -0.25) is 9.59 Å². The molecule has 2 fully saturated rings. The number of hydrogen-bond donors (Lipinski definition) is 2. The fourth-order valence-corrected chi connectivity index (χ4v) is 6.21. The second-order valence-electron chi connectivity index (χ2n) is 10.7. The molecule has 9 heteroatoms. The van der Waals surface area contributed by atoms with Crippen LogP contribution in [0, 0.1) is 5.82 Å². The van der Waals surface area contributed by atoms with E-state index in [9.17, 15) is 9.59 Å². The first kappa shape index (κ1) is 24.1. The molecule has 1 atom stereocenters. The molecule has 4 aromatic rings. The number of aromatic nitrogens is 1. The number of pyridine rings is 1. The van der Waals surface area contributed by atoms with Gasteiger partial charge in [-0.05, 0) is 49.9 Å². The standard InChI is InChI=1S/C30H30FN5O3/c31-23-15-21-25-29(26(23)35-13-9-19(32)16-35)39-28-20-6-2-1-5-18(20)7-8-24(28)36(25)17-22(27(21)37)30(38)33-10-14-34-11-3-4-12-34/h1-2,5-8,15,17,19H,3-4,9-14,16,32H2,(H,33,38)/t19-/m1/s1. The van der Waals surface area contributed by atoms with E-state index in [-0.39, 0.29) is 22.7 Å². The molecule has 1 amide bonds. The van der Waals surface area contributed by atoms with Gasteiger partial charge in [-0.2, -0.15) is 0 Å². The number of likely N-dealkylation sites (tertiary alicyclic amines) is 1. The highest BCUT2D eigenvalue weighted by Gasteiger charge is 2.33. The second kappa shape index (κ2) is 9.36. The third-order valence-electron chi connectivity index (χ3n) is 8.19. The van der Waals surface area contributed by atoms with E-state index in [0.717, 1.165) is 36.8 Å². The minimum Gasteiger partial charge on any atom is -0.450 e. The molecule has 2 saturated heterocycles. The average Bonchev–Trinajstić information content (AvgIpc) is 3.61. The Kier molecular flexibility index (Phi) is 5.79. The third-order valence-corrected chi connectivity index (χ3v) is 8.19. The maximum Gasteiger partial charge on any atom is 0.256 e. The van der Waals surface area contributed by atoms with E-state index < -0.39 is 17.2 Å². The summed E-state index contributed by atoms with van der Waals surface area (Å²) in [5.74, 6) is -0.192. The first-order valence-corrected chi connectivity index (χ1v) is 13.6. The summed E-state index contributed by atoms with van der Waals surface area (Å²) < 4.78 is 24.2. The van der Waals surface area contributed by atoms with Gasteiger partial charge in [0.25, 0.3) is 5.91 Å². The lowest BCUT2D eigenvalue weighted by Gasteiger charge is -2.29. The van der Waals surface area contributed by atoms with E-state index in [4.69, 9.17) is 10.5 Å². The number of carbonyl (C=O) groups is 1. The van der Waals surface area contributed by atoms with Gasteiger partial charge in [0.2, 0.25) is 5.43 Å². The number of halogens is 1. The Morgan fingerprint density at radius 2 is 1.90 bits per heavy atom. The lowest BCUT2D eigenvalue weighted by Crippen LogP contribution is -2.36. The molecule has 0 saturated carbocycles. The fraction of sp³-hybridized carbons (Fsp3) is 0.333. The molecule has 3 aromatic carbocycles.